The number of benzene rings is 1. The maximum absolute atomic E-state index is 13.3. The Bertz CT molecular complexity index is 455. The van der Waals surface area contributed by atoms with Crippen LogP contribution in [-0.2, 0) is 0 Å². The van der Waals surface area contributed by atoms with E-state index in [4.69, 9.17) is 5.73 Å². The zero-order valence-corrected chi connectivity index (χ0v) is 11.2. The van der Waals surface area contributed by atoms with Crippen LogP contribution in [0.5, 0.6) is 0 Å². The standard InChI is InChI=1S/C14H18F4N2/c1-9(19)13(10-3-2-4-11(15)7-10)20(12-5-6-12)8-14(16,17)18/h2-4,7,9,12-13H,5-6,8,19H2,1H3. The van der Waals surface area contributed by atoms with Crippen LogP contribution in [-0.4, -0.2) is 29.7 Å². The Kier molecular flexibility index (Phi) is 4.34. The lowest BCUT2D eigenvalue weighted by molar-refractivity contribution is -0.153. The quantitative estimate of drug-likeness (QED) is 0.844. The first-order valence-corrected chi connectivity index (χ1v) is 6.61. The van der Waals surface area contributed by atoms with Gasteiger partial charge in [-0.15, -0.1) is 0 Å². The van der Waals surface area contributed by atoms with Gasteiger partial charge in [0.15, 0.2) is 0 Å². The Morgan fingerprint density at radius 3 is 2.45 bits per heavy atom. The van der Waals surface area contributed by atoms with Crippen LogP contribution in [0.15, 0.2) is 24.3 Å². The van der Waals surface area contributed by atoms with Gasteiger partial charge in [-0.1, -0.05) is 12.1 Å². The first kappa shape index (κ1) is 15.3. The van der Waals surface area contributed by atoms with Gasteiger partial charge in [-0.2, -0.15) is 13.2 Å². The van der Waals surface area contributed by atoms with E-state index < -0.39 is 30.6 Å². The van der Waals surface area contributed by atoms with Gasteiger partial charge in [0.05, 0.1) is 12.6 Å². The molecule has 0 spiro atoms. The fraction of sp³-hybridized carbons (Fsp3) is 0.571. The van der Waals surface area contributed by atoms with Crippen LogP contribution < -0.4 is 5.73 Å². The second kappa shape index (κ2) is 5.69. The lowest BCUT2D eigenvalue weighted by atomic mass is 9.98. The normalized spacial score (nSPS) is 19.1. The van der Waals surface area contributed by atoms with Crippen molar-refractivity contribution >= 4 is 0 Å². The van der Waals surface area contributed by atoms with Crippen LogP contribution >= 0.6 is 0 Å². The van der Waals surface area contributed by atoms with Crippen molar-refractivity contribution in [1.82, 2.24) is 4.90 Å². The summed E-state index contributed by atoms with van der Waals surface area (Å²) in [5.74, 6) is -0.462. The highest BCUT2D eigenvalue weighted by Gasteiger charge is 2.42. The summed E-state index contributed by atoms with van der Waals surface area (Å²) in [4.78, 5) is 1.36. The minimum Gasteiger partial charge on any atom is -0.326 e. The van der Waals surface area contributed by atoms with E-state index in [9.17, 15) is 17.6 Å². The SMILES string of the molecule is CC(N)C(c1cccc(F)c1)N(CC(F)(F)F)C1CC1. The number of halogens is 4. The van der Waals surface area contributed by atoms with Crippen LogP contribution in [0.25, 0.3) is 0 Å². The van der Waals surface area contributed by atoms with E-state index in [0.717, 1.165) is 12.8 Å². The smallest absolute Gasteiger partial charge is 0.326 e. The number of nitrogens with two attached hydrogens (primary N) is 1. The van der Waals surface area contributed by atoms with Crippen molar-refractivity contribution in [2.75, 3.05) is 6.54 Å². The molecule has 1 aromatic rings. The molecule has 1 aliphatic rings. The van der Waals surface area contributed by atoms with Crippen molar-refractivity contribution in [3.63, 3.8) is 0 Å². The Hall–Kier alpha value is -1.14. The topological polar surface area (TPSA) is 29.3 Å². The molecule has 20 heavy (non-hydrogen) atoms. The van der Waals surface area contributed by atoms with E-state index in [1.165, 1.54) is 23.1 Å². The maximum atomic E-state index is 13.3. The lowest BCUT2D eigenvalue weighted by Gasteiger charge is -2.35. The van der Waals surface area contributed by atoms with E-state index in [1.807, 2.05) is 0 Å². The Balaban J connectivity index is 2.29. The van der Waals surface area contributed by atoms with Crippen molar-refractivity contribution in [2.24, 2.45) is 5.73 Å². The van der Waals surface area contributed by atoms with E-state index in [0.29, 0.717) is 5.56 Å². The molecule has 2 atom stereocenters. The van der Waals surface area contributed by atoms with Gasteiger partial charge in [-0.25, -0.2) is 4.39 Å². The minimum atomic E-state index is -4.29. The third-order valence-corrected chi connectivity index (χ3v) is 3.42. The van der Waals surface area contributed by atoms with Crippen LogP contribution in [0, 0.1) is 5.82 Å². The fourth-order valence-electron chi connectivity index (χ4n) is 2.56. The summed E-state index contributed by atoms with van der Waals surface area (Å²) in [7, 11) is 0. The molecule has 1 aromatic carbocycles. The zero-order valence-electron chi connectivity index (χ0n) is 11.2. The van der Waals surface area contributed by atoms with Gasteiger partial charge in [0.2, 0.25) is 0 Å². The molecule has 2 unspecified atom stereocenters. The molecule has 2 rings (SSSR count). The molecule has 2 N–H and O–H groups in total. The molecule has 6 heteroatoms. The van der Waals surface area contributed by atoms with Crippen molar-refractivity contribution in [2.45, 2.75) is 44.1 Å². The van der Waals surface area contributed by atoms with E-state index in [1.54, 1.807) is 13.0 Å². The molecular formula is C14H18F4N2. The zero-order chi connectivity index (χ0) is 14.9. The van der Waals surface area contributed by atoms with E-state index >= 15 is 0 Å². The van der Waals surface area contributed by atoms with Crippen LogP contribution in [0.2, 0.25) is 0 Å². The average Bonchev–Trinajstić information content (AvgIpc) is 3.09. The lowest BCUT2D eigenvalue weighted by Crippen LogP contribution is -2.45. The Morgan fingerprint density at radius 1 is 1.35 bits per heavy atom. The summed E-state index contributed by atoms with van der Waals surface area (Å²) in [6, 6.07) is 4.41. The van der Waals surface area contributed by atoms with Crippen molar-refractivity contribution < 1.29 is 17.6 Å². The molecule has 1 aliphatic carbocycles. The second-order valence-corrected chi connectivity index (χ2v) is 5.38. The minimum absolute atomic E-state index is 0.115. The highest BCUT2D eigenvalue weighted by Crippen LogP contribution is 2.38. The summed E-state index contributed by atoms with van der Waals surface area (Å²) in [5.41, 5.74) is 6.37. The summed E-state index contributed by atoms with van der Waals surface area (Å²) in [5, 5.41) is 0. The van der Waals surface area contributed by atoms with Crippen LogP contribution in [0.1, 0.15) is 31.4 Å². The van der Waals surface area contributed by atoms with Crippen LogP contribution in [0.4, 0.5) is 17.6 Å². The number of hydrogen-bond donors (Lipinski definition) is 1. The maximum Gasteiger partial charge on any atom is 0.401 e. The molecule has 0 heterocycles. The first-order valence-electron chi connectivity index (χ1n) is 6.61. The number of alkyl halides is 3. The number of nitrogens with zero attached hydrogens (tertiary/aromatic N) is 1. The predicted octanol–water partition coefficient (Wildman–Crippen LogP) is 3.24. The van der Waals surface area contributed by atoms with Gasteiger partial charge < -0.3 is 5.73 Å². The van der Waals surface area contributed by atoms with Gasteiger partial charge in [0.25, 0.3) is 0 Å². The van der Waals surface area contributed by atoms with Gasteiger partial charge in [0, 0.05) is 12.1 Å². The molecule has 0 amide bonds. The summed E-state index contributed by atoms with van der Waals surface area (Å²) in [6.45, 7) is 0.641. The van der Waals surface area contributed by atoms with Gasteiger partial charge in [-0.3, -0.25) is 4.90 Å². The molecule has 112 valence electrons. The number of rotatable bonds is 5. The van der Waals surface area contributed by atoms with Gasteiger partial charge in [0.1, 0.15) is 5.82 Å². The molecule has 0 radical (unpaired) electrons. The second-order valence-electron chi connectivity index (χ2n) is 5.38. The molecule has 0 bridgehead atoms. The largest absolute Gasteiger partial charge is 0.401 e. The molecule has 1 fully saturated rings. The first-order chi connectivity index (χ1) is 9.28. The molecule has 0 aromatic heterocycles. The van der Waals surface area contributed by atoms with Crippen molar-refractivity contribution in [3.05, 3.63) is 35.6 Å². The van der Waals surface area contributed by atoms with Crippen molar-refractivity contribution in [1.29, 1.82) is 0 Å². The molecular weight excluding hydrogens is 272 g/mol. The molecule has 0 saturated heterocycles. The monoisotopic (exact) mass is 290 g/mol. The Labute approximate surface area is 115 Å². The fourth-order valence-corrected chi connectivity index (χ4v) is 2.56. The van der Waals surface area contributed by atoms with E-state index in [2.05, 4.69) is 0 Å². The molecule has 0 aliphatic heterocycles. The highest BCUT2D eigenvalue weighted by atomic mass is 19.4. The third-order valence-electron chi connectivity index (χ3n) is 3.42. The average molecular weight is 290 g/mol. The highest BCUT2D eigenvalue weighted by molar-refractivity contribution is 5.22. The summed E-state index contributed by atoms with van der Waals surface area (Å²) < 4.78 is 51.6. The third kappa shape index (κ3) is 3.93. The summed E-state index contributed by atoms with van der Waals surface area (Å²) >= 11 is 0. The Morgan fingerprint density at radius 2 is 2.00 bits per heavy atom. The van der Waals surface area contributed by atoms with Crippen LogP contribution in [0.3, 0.4) is 0 Å². The molecule has 2 nitrogen and oxygen atoms in total. The van der Waals surface area contributed by atoms with Gasteiger partial charge >= 0.3 is 6.18 Å². The van der Waals surface area contributed by atoms with Gasteiger partial charge in [-0.05, 0) is 37.5 Å². The number of hydrogen-bond acceptors (Lipinski definition) is 2. The summed E-state index contributed by atoms with van der Waals surface area (Å²) in [6.07, 6.45) is -2.83. The molecule has 1 saturated carbocycles. The predicted molar refractivity (Wildman–Crippen MR) is 68.6 cm³/mol. The van der Waals surface area contributed by atoms with E-state index in [-0.39, 0.29) is 6.04 Å². The van der Waals surface area contributed by atoms with Crippen molar-refractivity contribution in [3.8, 4) is 0 Å².